The van der Waals surface area contributed by atoms with Gasteiger partial charge in [0.15, 0.2) is 11.5 Å². The fraction of sp³-hybridized carbons (Fsp3) is 0.182. The second-order valence-electron chi connectivity index (χ2n) is 7.08. The van der Waals surface area contributed by atoms with Gasteiger partial charge in [0.1, 0.15) is 17.1 Å². The second-order valence-corrected chi connectivity index (χ2v) is 7.08. The van der Waals surface area contributed by atoms with Crippen LogP contribution >= 0.6 is 0 Å². The topological polar surface area (TPSA) is 82.2 Å². The van der Waals surface area contributed by atoms with Gasteiger partial charge in [0, 0.05) is 26.2 Å². The number of ether oxygens (including phenoxy) is 1. The highest BCUT2D eigenvalue weighted by Crippen LogP contribution is 2.22. The Labute approximate surface area is 177 Å². The van der Waals surface area contributed by atoms with Gasteiger partial charge in [-0.3, -0.25) is 4.57 Å². The molecule has 8 nitrogen and oxygen atoms in total. The fourth-order valence-corrected chi connectivity index (χ4v) is 3.35. The second kappa shape index (κ2) is 8.02. The van der Waals surface area contributed by atoms with Crippen LogP contribution in [-0.2, 0) is 13.6 Å². The summed E-state index contributed by atoms with van der Waals surface area (Å²) >= 11 is 0. The highest BCUT2D eigenvalue weighted by Gasteiger charge is 2.22. The van der Waals surface area contributed by atoms with E-state index in [2.05, 4.69) is 9.97 Å². The van der Waals surface area contributed by atoms with Crippen molar-refractivity contribution in [1.82, 2.24) is 24.0 Å². The van der Waals surface area contributed by atoms with Gasteiger partial charge in [-0.2, -0.15) is 0 Å². The molecule has 1 amide bonds. The number of imidazole rings is 1. The maximum atomic E-state index is 13.5. The smallest absolute Gasteiger partial charge is 0.338 e. The molecule has 2 aromatic carbocycles. The summed E-state index contributed by atoms with van der Waals surface area (Å²) in [6.07, 6.45) is 1.45. The SMILES string of the molecule is COc1cccc(-c2ncc3c(n2)n(C)c(=O)n3C(=O)N(C)Cc2cccc(F)c2)c1. The minimum Gasteiger partial charge on any atom is -0.497 e. The van der Waals surface area contributed by atoms with E-state index in [4.69, 9.17) is 4.74 Å². The maximum Gasteiger partial charge on any atom is 0.338 e. The largest absolute Gasteiger partial charge is 0.497 e. The first kappa shape index (κ1) is 20.3. The molecule has 0 saturated carbocycles. The van der Waals surface area contributed by atoms with Crippen molar-refractivity contribution >= 4 is 17.2 Å². The summed E-state index contributed by atoms with van der Waals surface area (Å²) in [6.45, 7) is 0.141. The number of halogens is 1. The number of benzene rings is 2. The standard InChI is InChI=1S/C22H20FN5O3/c1-26(13-14-6-4-8-16(23)10-14)21(29)28-18-12-24-19(25-20(18)27(2)22(28)30)15-7-5-9-17(11-15)31-3/h4-12H,13H2,1-3H3. The molecule has 0 saturated heterocycles. The number of hydrogen-bond acceptors (Lipinski definition) is 5. The quantitative estimate of drug-likeness (QED) is 0.506. The van der Waals surface area contributed by atoms with Gasteiger partial charge in [0.2, 0.25) is 0 Å². The number of aromatic nitrogens is 4. The molecule has 4 rings (SSSR count). The Bertz CT molecular complexity index is 1340. The molecule has 2 heterocycles. The van der Waals surface area contributed by atoms with Crippen LogP contribution in [0.1, 0.15) is 5.56 Å². The molecular weight excluding hydrogens is 401 g/mol. The molecule has 31 heavy (non-hydrogen) atoms. The third kappa shape index (κ3) is 3.77. The summed E-state index contributed by atoms with van der Waals surface area (Å²) in [5, 5.41) is 0. The first-order valence-electron chi connectivity index (χ1n) is 9.48. The Kier molecular flexibility index (Phi) is 5.24. The molecule has 0 bridgehead atoms. The van der Waals surface area contributed by atoms with Gasteiger partial charge in [-0.05, 0) is 29.8 Å². The summed E-state index contributed by atoms with van der Waals surface area (Å²) in [4.78, 5) is 36.0. The van der Waals surface area contributed by atoms with Crippen molar-refractivity contribution < 1.29 is 13.9 Å². The van der Waals surface area contributed by atoms with Crippen LogP contribution in [0.4, 0.5) is 9.18 Å². The van der Waals surface area contributed by atoms with Crippen molar-refractivity contribution in [2.24, 2.45) is 7.05 Å². The molecule has 4 aromatic rings. The van der Waals surface area contributed by atoms with Crippen LogP contribution in [0.3, 0.4) is 0 Å². The lowest BCUT2D eigenvalue weighted by Gasteiger charge is -2.17. The van der Waals surface area contributed by atoms with Crippen LogP contribution in [-0.4, -0.2) is 44.2 Å². The predicted octanol–water partition coefficient (Wildman–Crippen LogP) is 3.04. The Hall–Kier alpha value is -4.01. The van der Waals surface area contributed by atoms with Crippen LogP contribution in [0.15, 0.2) is 59.5 Å². The molecule has 2 aromatic heterocycles. The number of aryl methyl sites for hydroxylation is 1. The molecule has 9 heteroatoms. The molecular formula is C22H20FN5O3. The van der Waals surface area contributed by atoms with Crippen LogP contribution in [0.5, 0.6) is 5.75 Å². The van der Waals surface area contributed by atoms with Crippen LogP contribution in [0.25, 0.3) is 22.6 Å². The lowest BCUT2D eigenvalue weighted by atomic mass is 10.2. The number of carbonyl (C=O) groups excluding carboxylic acids is 1. The first-order valence-corrected chi connectivity index (χ1v) is 9.48. The predicted molar refractivity (Wildman–Crippen MR) is 113 cm³/mol. The van der Waals surface area contributed by atoms with E-state index in [1.807, 2.05) is 12.1 Å². The molecule has 0 aliphatic rings. The van der Waals surface area contributed by atoms with Gasteiger partial charge in [-0.15, -0.1) is 0 Å². The van der Waals surface area contributed by atoms with Crippen molar-refractivity contribution in [1.29, 1.82) is 0 Å². The third-order valence-corrected chi connectivity index (χ3v) is 4.94. The summed E-state index contributed by atoms with van der Waals surface area (Å²) < 4.78 is 21.0. The van der Waals surface area contributed by atoms with E-state index in [-0.39, 0.29) is 17.9 Å². The molecule has 0 radical (unpaired) electrons. The van der Waals surface area contributed by atoms with E-state index in [1.165, 1.54) is 27.8 Å². The average Bonchev–Trinajstić information content (AvgIpc) is 3.03. The van der Waals surface area contributed by atoms with Crippen molar-refractivity contribution in [3.8, 4) is 17.1 Å². The highest BCUT2D eigenvalue weighted by atomic mass is 19.1. The van der Waals surface area contributed by atoms with Crippen molar-refractivity contribution in [2.75, 3.05) is 14.2 Å². The highest BCUT2D eigenvalue weighted by molar-refractivity contribution is 5.88. The van der Waals surface area contributed by atoms with Gasteiger partial charge in [0.25, 0.3) is 0 Å². The third-order valence-electron chi connectivity index (χ3n) is 4.94. The molecule has 0 N–H and O–H groups in total. The van der Waals surface area contributed by atoms with E-state index in [1.54, 1.807) is 45.5 Å². The molecule has 0 atom stereocenters. The van der Waals surface area contributed by atoms with Gasteiger partial charge >= 0.3 is 11.7 Å². The number of rotatable bonds is 4. The van der Waals surface area contributed by atoms with E-state index >= 15 is 0 Å². The number of nitrogens with zero attached hydrogens (tertiary/aromatic N) is 5. The van der Waals surface area contributed by atoms with Crippen LogP contribution in [0, 0.1) is 5.82 Å². The lowest BCUT2D eigenvalue weighted by Crippen LogP contribution is -2.37. The van der Waals surface area contributed by atoms with Gasteiger partial charge in [0.05, 0.1) is 13.3 Å². The molecule has 0 fully saturated rings. The van der Waals surface area contributed by atoms with E-state index in [0.717, 1.165) is 10.1 Å². The monoisotopic (exact) mass is 421 g/mol. The van der Waals surface area contributed by atoms with Gasteiger partial charge < -0.3 is 9.64 Å². The van der Waals surface area contributed by atoms with E-state index < -0.39 is 11.7 Å². The zero-order valence-electron chi connectivity index (χ0n) is 17.2. The van der Waals surface area contributed by atoms with Crippen LogP contribution in [0.2, 0.25) is 0 Å². The lowest BCUT2D eigenvalue weighted by molar-refractivity contribution is 0.208. The normalized spacial score (nSPS) is 11.0. The van der Waals surface area contributed by atoms with E-state index in [9.17, 15) is 14.0 Å². The zero-order valence-corrected chi connectivity index (χ0v) is 17.2. The van der Waals surface area contributed by atoms with E-state index in [0.29, 0.717) is 22.8 Å². The Morgan fingerprint density at radius 3 is 2.71 bits per heavy atom. The Balaban J connectivity index is 1.72. The van der Waals surface area contributed by atoms with Gasteiger partial charge in [-0.1, -0.05) is 24.3 Å². The number of hydrogen-bond donors (Lipinski definition) is 0. The number of amides is 1. The number of fused-ring (bicyclic) bond motifs is 1. The molecule has 0 aliphatic carbocycles. The minimum atomic E-state index is -0.558. The zero-order chi connectivity index (χ0) is 22.1. The molecule has 0 aliphatic heterocycles. The summed E-state index contributed by atoms with van der Waals surface area (Å²) in [6, 6.07) is 12.6. The van der Waals surface area contributed by atoms with Crippen molar-refractivity contribution in [3.05, 3.63) is 76.6 Å². The van der Waals surface area contributed by atoms with Crippen molar-refractivity contribution in [2.45, 2.75) is 6.54 Å². The van der Waals surface area contributed by atoms with Crippen molar-refractivity contribution in [3.63, 3.8) is 0 Å². The average molecular weight is 421 g/mol. The molecule has 158 valence electrons. The summed E-state index contributed by atoms with van der Waals surface area (Å²) in [5.41, 5.74) is 1.40. The summed E-state index contributed by atoms with van der Waals surface area (Å²) in [5.74, 6) is 0.667. The van der Waals surface area contributed by atoms with Crippen LogP contribution < -0.4 is 10.4 Å². The number of methoxy groups -OCH3 is 1. The Morgan fingerprint density at radius 1 is 1.19 bits per heavy atom. The maximum absolute atomic E-state index is 13.5. The summed E-state index contributed by atoms with van der Waals surface area (Å²) in [7, 11) is 4.66. The molecule has 0 unspecified atom stereocenters. The first-order chi connectivity index (χ1) is 14.9. The fourth-order valence-electron chi connectivity index (χ4n) is 3.35. The number of carbonyl (C=O) groups is 1. The Morgan fingerprint density at radius 2 is 1.97 bits per heavy atom. The minimum absolute atomic E-state index is 0.141. The van der Waals surface area contributed by atoms with Gasteiger partial charge in [-0.25, -0.2) is 28.5 Å². The molecule has 0 spiro atoms.